The van der Waals surface area contributed by atoms with E-state index in [0.717, 1.165) is 40.0 Å². The molecule has 7 nitrogen and oxygen atoms in total. The number of rotatable bonds is 7. The second kappa shape index (κ2) is 10.5. The third kappa shape index (κ3) is 5.14. The zero-order valence-corrected chi connectivity index (χ0v) is 18.9. The molecule has 0 amide bonds. The lowest BCUT2D eigenvalue weighted by molar-refractivity contribution is -0.277. The van der Waals surface area contributed by atoms with E-state index in [9.17, 15) is 20.4 Å². The Bertz CT molecular complexity index is 936. The fourth-order valence-electron chi connectivity index (χ4n) is 3.72. The molecule has 5 atom stereocenters. The van der Waals surface area contributed by atoms with Gasteiger partial charge in [-0.1, -0.05) is 25.1 Å². The molecule has 1 aliphatic heterocycles. The number of allylic oxidation sites excluding steroid dienone is 2. The zero-order chi connectivity index (χ0) is 23.4. The first-order valence-electron chi connectivity index (χ1n) is 10.7. The third-order valence-electron chi connectivity index (χ3n) is 5.99. The Hall–Kier alpha value is -2.42. The van der Waals surface area contributed by atoms with E-state index in [-0.39, 0.29) is 0 Å². The van der Waals surface area contributed by atoms with Crippen molar-refractivity contribution in [1.82, 2.24) is 0 Å². The molecule has 4 N–H and O–H groups in total. The summed E-state index contributed by atoms with van der Waals surface area (Å²) in [7, 11) is 1.64. The molecule has 3 rings (SSSR count). The smallest absolute Gasteiger partial charge is 0.229 e. The van der Waals surface area contributed by atoms with E-state index in [0.29, 0.717) is 5.75 Å². The van der Waals surface area contributed by atoms with Gasteiger partial charge in [0.15, 0.2) is 0 Å². The first-order chi connectivity index (χ1) is 15.3. The number of methoxy groups -OCH3 is 1. The Morgan fingerprint density at radius 3 is 2.12 bits per heavy atom. The van der Waals surface area contributed by atoms with E-state index in [1.54, 1.807) is 7.11 Å². The Morgan fingerprint density at radius 2 is 1.53 bits per heavy atom. The van der Waals surface area contributed by atoms with Crippen LogP contribution in [0, 0.1) is 0 Å². The van der Waals surface area contributed by atoms with Crippen LogP contribution in [0.5, 0.6) is 11.5 Å². The standard InChI is InChI=1S/C25H32O7/c1-5-16-10-18(15(3)14(2)17-6-8-19(30-4)9-7-17)12-20(11-16)31-25-24(29)23(28)22(27)21(13-26)32-25/h6-12,21-29H,5,13H2,1-4H3/b15-14+/t21-,22-,23+,24-,25-/m1/s1. The van der Waals surface area contributed by atoms with Crippen molar-refractivity contribution in [3.63, 3.8) is 0 Å². The van der Waals surface area contributed by atoms with Crippen LogP contribution in [0.3, 0.4) is 0 Å². The fourth-order valence-corrected chi connectivity index (χ4v) is 3.72. The highest BCUT2D eigenvalue weighted by Gasteiger charge is 2.44. The van der Waals surface area contributed by atoms with Crippen LogP contribution >= 0.6 is 0 Å². The largest absolute Gasteiger partial charge is 0.497 e. The monoisotopic (exact) mass is 444 g/mol. The molecule has 174 valence electrons. The molecule has 0 saturated carbocycles. The van der Waals surface area contributed by atoms with Gasteiger partial charge < -0.3 is 34.6 Å². The molecule has 1 fully saturated rings. The van der Waals surface area contributed by atoms with Gasteiger partial charge in [0, 0.05) is 0 Å². The van der Waals surface area contributed by atoms with Crippen LogP contribution in [0.4, 0.5) is 0 Å². The van der Waals surface area contributed by atoms with E-state index >= 15 is 0 Å². The predicted molar refractivity (Wildman–Crippen MR) is 121 cm³/mol. The number of benzene rings is 2. The van der Waals surface area contributed by atoms with Crippen molar-refractivity contribution >= 4 is 11.1 Å². The van der Waals surface area contributed by atoms with Gasteiger partial charge in [0.25, 0.3) is 0 Å². The Balaban J connectivity index is 1.91. The van der Waals surface area contributed by atoms with Gasteiger partial charge in [0.2, 0.25) is 6.29 Å². The highest BCUT2D eigenvalue weighted by molar-refractivity contribution is 5.89. The highest BCUT2D eigenvalue weighted by atomic mass is 16.7. The molecule has 32 heavy (non-hydrogen) atoms. The average molecular weight is 445 g/mol. The van der Waals surface area contributed by atoms with Crippen LogP contribution < -0.4 is 9.47 Å². The summed E-state index contributed by atoms with van der Waals surface area (Å²) in [6.07, 6.45) is -5.85. The van der Waals surface area contributed by atoms with E-state index in [1.807, 2.05) is 57.2 Å². The molecule has 2 aromatic carbocycles. The fraction of sp³-hybridized carbons (Fsp3) is 0.440. The summed E-state index contributed by atoms with van der Waals surface area (Å²) in [6, 6.07) is 13.6. The van der Waals surface area contributed by atoms with Crippen LogP contribution in [-0.2, 0) is 11.2 Å². The quantitative estimate of drug-likeness (QED) is 0.486. The summed E-state index contributed by atoms with van der Waals surface area (Å²) in [6.45, 7) is 5.61. The van der Waals surface area contributed by atoms with Crippen LogP contribution in [0.15, 0.2) is 42.5 Å². The molecule has 1 saturated heterocycles. The highest BCUT2D eigenvalue weighted by Crippen LogP contribution is 2.32. The van der Waals surface area contributed by atoms with E-state index in [1.165, 1.54) is 0 Å². The summed E-state index contributed by atoms with van der Waals surface area (Å²) in [5.41, 5.74) is 5.21. The number of aryl methyl sites for hydroxylation is 1. The lowest BCUT2D eigenvalue weighted by atomic mass is 9.95. The molecule has 0 spiro atoms. The summed E-state index contributed by atoms with van der Waals surface area (Å²) in [5.74, 6) is 1.26. The van der Waals surface area contributed by atoms with Crippen molar-refractivity contribution in [3.8, 4) is 11.5 Å². The van der Waals surface area contributed by atoms with Gasteiger partial charge in [-0.05, 0) is 72.4 Å². The molecule has 0 unspecified atom stereocenters. The maximum Gasteiger partial charge on any atom is 0.229 e. The first-order valence-corrected chi connectivity index (χ1v) is 10.7. The lowest BCUT2D eigenvalue weighted by Crippen LogP contribution is -2.60. The molecule has 0 bridgehead atoms. The first kappa shape index (κ1) is 24.2. The summed E-state index contributed by atoms with van der Waals surface area (Å²) < 4.78 is 16.6. The van der Waals surface area contributed by atoms with Crippen molar-refractivity contribution in [2.24, 2.45) is 0 Å². The van der Waals surface area contributed by atoms with Crippen molar-refractivity contribution in [2.45, 2.75) is 57.9 Å². The van der Waals surface area contributed by atoms with Crippen molar-refractivity contribution < 1.29 is 34.6 Å². The topological polar surface area (TPSA) is 109 Å². The van der Waals surface area contributed by atoms with Crippen molar-refractivity contribution in [2.75, 3.05) is 13.7 Å². The Kier molecular flexibility index (Phi) is 7.92. The minimum absolute atomic E-state index is 0.463. The van der Waals surface area contributed by atoms with Gasteiger partial charge in [-0.25, -0.2) is 0 Å². The minimum Gasteiger partial charge on any atom is -0.497 e. The zero-order valence-electron chi connectivity index (χ0n) is 18.9. The average Bonchev–Trinajstić information content (AvgIpc) is 2.83. The van der Waals surface area contributed by atoms with Gasteiger partial charge in [-0.3, -0.25) is 0 Å². The van der Waals surface area contributed by atoms with Crippen molar-refractivity contribution in [3.05, 3.63) is 59.2 Å². The van der Waals surface area contributed by atoms with Gasteiger partial charge in [-0.15, -0.1) is 0 Å². The molecule has 2 aromatic rings. The third-order valence-corrected chi connectivity index (χ3v) is 5.99. The maximum atomic E-state index is 10.3. The number of hydrogen-bond acceptors (Lipinski definition) is 7. The Labute approximate surface area is 188 Å². The summed E-state index contributed by atoms with van der Waals surface area (Å²) in [4.78, 5) is 0. The molecule has 1 heterocycles. The van der Waals surface area contributed by atoms with Gasteiger partial charge in [0.1, 0.15) is 35.9 Å². The minimum atomic E-state index is -1.49. The molecule has 1 aliphatic rings. The lowest BCUT2D eigenvalue weighted by Gasteiger charge is -2.39. The predicted octanol–water partition coefficient (Wildman–Crippen LogP) is 2.39. The van der Waals surface area contributed by atoms with Crippen LogP contribution in [0.25, 0.3) is 11.1 Å². The summed E-state index contributed by atoms with van der Waals surface area (Å²) >= 11 is 0. The van der Waals surface area contributed by atoms with Gasteiger partial charge in [-0.2, -0.15) is 0 Å². The molecular formula is C25H32O7. The second-order valence-corrected chi connectivity index (χ2v) is 8.01. The van der Waals surface area contributed by atoms with Crippen LogP contribution in [0.2, 0.25) is 0 Å². The van der Waals surface area contributed by atoms with E-state index < -0.39 is 37.3 Å². The number of hydrogen-bond donors (Lipinski definition) is 4. The van der Waals surface area contributed by atoms with Crippen molar-refractivity contribution in [1.29, 1.82) is 0 Å². The van der Waals surface area contributed by atoms with E-state index in [2.05, 4.69) is 6.07 Å². The number of ether oxygens (including phenoxy) is 3. The normalized spacial score (nSPS) is 26.4. The molecule has 0 aliphatic carbocycles. The van der Waals surface area contributed by atoms with Crippen LogP contribution in [0.1, 0.15) is 37.5 Å². The Morgan fingerprint density at radius 1 is 0.875 bits per heavy atom. The molecule has 0 aromatic heterocycles. The van der Waals surface area contributed by atoms with E-state index in [4.69, 9.17) is 14.2 Å². The molecule has 7 heteroatoms. The SMILES string of the molecule is CCc1cc(O[C@@H]2O[C@H](CO)[C@@H](O)[C@H](O)[C@H]2O)cc(/C(C)=C(\C)c2ccc(OC)cc2)c1. The molecule has 0 radical (unpaired) electrons. The second-order valence-electron chi connectivity index (χ2n) is 8.01. The van der Waals surface area contributed by atoms with Crippen LogP contribution in [-0.4, -0.2) is 64.8 Å². The van der Waals surface area contributed by atoms with Gasteiger partial charge in [0.05, 0.1) is 13.7 Å². The maximum absolute atomic E-state index is 10.3. The molecular weight excluding hydrogens is 412 g/mol. The summed E-state index contributed by atoms with van der Waals surface area (Å²) in [5, 5.41) is 39.7. The number of aliphatic hydroxyl groups excluding tert-OH is 4. The number of aliphatic hydroxyl groups is 4. The van der Waals surface area contributed by atoms with Gasteiger partial charge >= 0.3 is 0 Å².